The van der Waals surface area contributed by atoms with Gasteiger partial charge in [-0.1, -0.05) is 15.9 Å². The maximum absolute atomic E-state index is 11.0. The number of rotatable bonds is 6. The average molecular weight is 352 g/mol. The van der Waals surface area contributed by atoms with E-state index in [1.54, 1.807) is 36.4 Å². The maximum Gasteiger partial charge on any atom is 0.293 e. The summed E-state index contributed by atoms with van der Waals surface area (Å²) in [6.07, 6.45) is 0. The number of ether oxygens (including phenoxy) is 1. The predicted molar refractivity (Wildman–Crippen MR) is 85.1 cm³/mol. The molecule has 7 heteroatoms. The smallest absolute Gasteiger partial charge is 0.293 e. The van der Waals surface area contributed by atoms with Gasteiger partial charge in [0, 0.05) is 22.8 Å². The third kappa shape index (κ3) is 4.17. The van der Waals surface area contributed by atoms with Crippen LogP contribution in [0, 0.1) is 10.1 Å². The quantitative estimate of drug-likeness (QED) is 0.614. The maximum atomic E-state index is 11.0. The van der Waals surface area contributed by atoms with Crippen molar-refractivity contribution in [3.05, 3.63) is 57.1 Å². The lowest BCUT2D eigenvalue weighted by Gasteiger charge is -2.09. The molecule has 0 fully saturated rings. The second-order valence-electron chi connectivity index (χ2n) is 4.21. The van der Waals surface area contributed by atoms with Crippen molar-refractivity contribution < 1.29 is 9.66 Å². The first kappa shape index (κ1) is 15.3. The van der Waals surface area contributed by atoms with Gasteiger partial charge in [-0.15, -0.1) is 0 Å². The monoisotopic (exact) mass is 351 g/mol. The van der Waals surface area contributed by atoms with Crippen molar-refractivity contribution in [2.75, 3.05) is 18.5 Å². The highest BCUT2D eigenvalue weighted by Gasteiger charge is 2.14. The third-order valence-electron chi connectivity index (χ3n) is 2.68. The van der Waals surface area contributed by atoms with Gasteiger partial charge in [0.05, 0.1) is 4.92 Å². The van der Waals surface area contributed by atoms with Crippen LogP contribution in [0.3, 0.4) is 0 Å². The molecular weight excluding hydrogens is 338 g/mol. The van der Waals surface area contributed by atoms with E-state index in [2.05, 4.69) is 21.2 Å². The Bertz CT molecular complexity index is 632. The molecule has 2 rings (SSSR count). The molecular formula is C14H14BrN3O3. The molecule has 0 saturated heterocycles. The van der Waals surface area contributed by atoms with Crippen LogP contribution in [0.15, 0.2) is 46.9 Å². The van der Waals surface area contributed by atoms with E-state index < -0.39 is 4.92 Å². The van der Waals surface area contributed by atoms with Crippen molar-refractivity contribution in [2.45, 2.75) is 0 Å². The van der Waals surface area contributed by atoms with Gasteiger partial charge in [0.1, 0.15) is 18.0 Å². The van der Waals surface area contributed by atoms with E-state index in [1.807, 2.05) is 0 Å². The Kier molecular flexibility index (Phi) is 5.13. The Morgan fingerprint density at radius 1 is 1.24 bits per heavy atom. The summed E-state index contributed by atoms with van der Waals surface area (Å²) in [5, 5.41) is 14.1. The van der Waals surface area contributed by atoms with Gasteiger partial charge >= 0.3 is 0 Å². The predicted octanol–water partition coefficient (Wildman–Crippen LogP) is 3.44. The lowest BCUT2D eigenvalue weighted by atomic mass is 10.2. The molecule has 0 aliphatic rings. The summed E-state index contributed by atoms with van der Waals surface area (Å²) in [6.45, 7) is 0.899. The summed E-state index contributed by atoms with van der Waals surface area (Å²) in [7, 11) is 0. The number of benzene rings is 2. The SMILES string of the molecule is NCCOc1ccc(Nc2ccc(Br)cc2[N+](=O)[O-])cc1. The normalized spacial score (nSPS) is 10.2. The Morgan fingerprint density at radius 3 is 2.57 bits per heavy atom. The lowest BCUT2D eigenvalue weighted by molar-refractivity contribution is -0.384. The summed E-state index contributed by atoms with van der Waals surface area (Å²) in [4.78, 5) is 10.6. The second-order valence-corrected chi connectivity index (χ2v) is 5.12. The zero-order valence-electron chi connectivity index (χ0n) is 11.1. The van der Waals surface area contributed by atoms with Crippen molar-refractivity contribution in [1.82, 2.24) is 0 Å². The van der Waals surface area contributed by atoms with E-state index in [-0.39, 0.29) is 5.69 Å². The van der Waals surface area contributed by atoms with E-state index in [0.717, 1.165) is 5.69 Å². The van der Waals surface area contributed by atoms with Crippen LogP contribution < -0.4 is 15.8 Å². The molecule has 0 amide bonds. The Labute approximate surface area is 130 Å². The fourth-order valence-corrected chi connectivity index (χ4v) is 2.08. The molecule has 0 heterocycles. The Morgan fingerprint density at radius 2 is 1.95 bits per heavy atom. The fraction of sp³-hybridized carbons (Fsp3) is 0.143. The molecule has 0 aliphatic heterocycles. The van der Waals surface area contributed by atoms with Crippen molar-refractivity contribution >= 4 is 33.0 Å². The van der Waals surface area contributed by atoms with E-state index in [9.17, 15) is 10.1 Å². The van der Waals surface area contributed by atoms with Crippen molar-refractivity contribution in [2.24, 2.45) is 5.73 Å². The van der Waals surface area contributed by atoms with E-state index >= 15 is 0 Å². The first-order chi connectivity index (χ1) is 10.1. The van der Waals surface area contributed by atoms with E-state index in [1.165, 1.54) is 6.07 Å². The van der Waals surface area contributed by atoms with Gasteiger partial charge in [0.15, 0.2) is 0 Å². The summed E-state index contributed by atoms with van der Waals surface area (Å²) in [6, 6.07) is 12.0. The van der Waals surface area contributed by atoms with Gasteiger partial charge in [-0.2, -0.15) is 0 Å². The van der Waals surface area contributed by atoms with Gasteiger partial charge in [-0.3, -0.25) is 10.1 Å². The van der Waals surface area contributed by atoms with Gasteiger partial charge in [0.2, 0.25) is 0 Å². The minimum absolute atomic E-state index is 0.00725. The molecule has 3 N–H and O–H groups in total. The number of nitro groups is 1. The third-order valence-corrected chi connectivity index (χ3v) is 3.17. The number of nitrogens with one attached hydrogen (secondary N) is 1. The molecule has 6 nitrogen and oxygen atoms in total. The lowest BCUT2D eigenvalue weighted by Crippen LogP contribution is -2.10. The highest BCUT2D eigenvalue weighted by molar-refractivity contribution is 9.10. The first-order valence-corrected chi connectivity index (χ1v) is 7.03. The zero-order chi connectivity index (χ0) is 15.2. The van der Waals surface area contributed by atoms with Gasteiger partial charge < -0.3 is 15.8 Å². The molecule has 2 aromatic carbocycles. The Balaban J connectivity index is 2.16. The molecule has 0 aliphatic carbocycles. The van der Waals surface area contributed by atoms with Crippen LogP contribution in [0.25, 0.3) is 0 Å². The summed E-state index contributed by atoms with van der Waals surface area (Å²) >= 11 is 3.22. The molecule has 0 aromatic heterocycles. The van der Waals surface area contributed by atoms with Crippen LogP contribution in [0.2, 0.25) is 0 Å². The average Bonchev–Trinajstić information content (AvgIpc) is 2.48. The highest BCUT2D eigenvalue weighted by atomic mass is 79.9. The largest absolute Gasteiger partial charge is 0.492 e. The number of nitrogens with two attached hydrogens (primary N) is 1. The number of halogens is 1. The fourth-order valence-electron chi connectivity index (χ4n) is 1.73. The van der Waals surface area contributed by atoms with Crippen LogP contribution >= 0.6 is 15.9 Å². The van der Waals surface area contributed by atoms with Crippen LogP contribution in [0.4, 0.5) is 17.1 Å². The van der Waals surface area contributed by atoms with Crippen molar-refractivity contribution in [3.8, 4) is 5.75 Å². The van der Waals surface area contributed by atoms with Crippen LogP contribution in [-0.4, -0.2) is 18.1 Å². The number of anilines is 2. The van der Waals surface area contributed by atoms with E-state index in [4.69, 9.17) is 10.5 Å². The van der Waals surface area contributed by atoms with Crippen LogP contribution in [0.1, 0.15) is 0 Å². The highest BCUT2D eigenvalue weighted by Crippen LogP contribution is 2.30. The molecule has 110 valence electrons. The number of nitro benzene ring substituents is 1. The number of nitrogens with zero attached hydrogens (tertiary/aromatic N) is 1. The van der Waals surface area contributed by atoms with Crippen molar-refractivity contribution in [1.29, 1.82) is 0 Å². The standard InChI is InChI=1S/C14H14BrN3O3/c15-10-1-6-13(14(9-10)18(19)20)17-11-2-4-12(5-3-11)21-8-7-16/h1-6,9,17H,7-8,16H2. The number of hydrogen-bond acceptors (Lipinski definition) is 5. The van der Waals surface area contributed by atoms with Crippen LogP contribution in [-0.2, 0) is 0 Å². The minimum atomic E-state index is -0.425. The molecule has 21 heavy (non-hydrogen) atoms. The van der Waals surface area contributed by atoms with Gasteiger partial charge in [-0.05, 0) is 36.4 Å². The number of hydrogen-bond donors (Lipinski definition) is 2. The van der Waals surface area contributed by atoms with Gasteiger partial charge in [-0.25, -0.2) is 0 Å². The molecule has 0 bridgehead atoms. The zero-order valence-corrected chi connectivity index (χ0v) is 12.7. The van der Waals surface area contributed by atoms with E-state index in [0.29, 0.717) is 29.1 Å². The molecule has 2 aromatic rings. The minimum Gasteiger partial charge on any atom is -0.492 e. The summed E-state index contributed by atoms with van der Waals surface area (Å²) < 4.78 is 6.03. The molecule has 0 spiro atoms. The van der Waals surface area contributed by atoms with Gasteiger partial charge in [0.25, 0.3) is 5.69 Å². The molecule has 0 unspecified atom stereocenters. The Hall–Kier alpha value is -2.12. The first-order valence-electron chi connectivity index (χ1n) is 6.24. The summed E-state index contributed by atoms with van der Waals surface area (Å²) in [5.74, 6) is 0.705. The van der Waals surface area contributed by atoms with Crippen molar-refractivity contribution in [3.63, 3.8) is 0 Å². The molecule has 0 atom stereocenters. The second kappa shape index (κ2) is 7.05. The summed E-state index contributed by atoms with van der Waals surface area (Å²) in [5.41, 5.74) is 6.53. The topological polar surface area (TPSA) is 90.4 Å². The molecule has 0 saturated carbocycles. The van der Waals surface area contributed by atoms with Crippen LogP contribution in [0.5, 0.6) is 5.75 Å². The molecule has 0 radical (unpaired) electrons.